The predicted molar refractivity (Wildman–Crippen MR) is 92.3 cm³/mol. The van der Waals surface area contributed by atoms with Gasteiger partial charge in [-0.15, -0.1) is 0 Å². The number of H-pyrrole nitrogens is 1. The van der Waals surface area contributed by atoms with Crippen molar-refractivity contribution in [3.63, 3.8) is 0 Å². The summed E-state index contributed by atoms with van der Waals surface area (Å²) >= 11 is 0. The van der Waals surface area contributed by atoms with Crippen LogP contribution in [0, 0.1) is 6.92 Å². The molecule has 0 aliphatic rings. The summed E-state index contributed by atoms with van der Waals surface area (Å²) in [7, 11) is 0. The van der Waals surface area contributed by atoms with Crippen LogP contribution in [0.1, 0.15) is 66.7 Å². The molecule has 0 saturated carbocycles. The second-order valence-corrected chi connectivity index (χ2v) is 6.22. The molecule has 0 radical (unpaired) electrons. The molecule has 7 heteroatoms. The topological polar surface area (TPSA) is 94.7 Å². The molecule has 0 aromatic carbocycles. The van der Waals surface area contributed by atoms with Gasteiger partial charge in [-0.2, -0.15) is 0 Å². The highest BCUT2D eigenvalue weighted by atomic mass is 16.6. The van der Waals surface area contributed by atoms with Crippen molar-refractivity contribution in [2.75, 3.05) is 13.2 Å². The van der Waals surface area contributed by atoms with Gasteiger partial charge in [-0.3, -0.25) is 0 Å². The number of aromatic amines is 1. The van der Waals surface area contributed by atoms with Crippen molar-refractivity contribution in [3.8, 4) is 0 Å². The van der Waals surface area contributed by atoms with Crippen LogP contribution in [0.5, 0.6) is 0 Å². The van der Waals surface area contributed by atoms with E-state index in [-0.39, 0.29) is 30.2 Å². The SMILES string of the molecule is CCOC(=O)/C=C/c1[nH]c(C(=O)OC(C)(C)C)c(C)c1C(=O)OCC. The van der Waals surface area contributed by atoms with Gasteiger partial charge < -0.3 is 19.2 Å². The van der Waals surface area contributed by atoms with Crippen molar-refractivity contribution in [1.29, 1.82) is 0 Å². The lowest BCUT2D eigenvalue weighted by molar-refractivity contribution is -0.137. The zero-order chi connectivity index (χ0) is 19.2. The summed E-state index contributed by atoms with van der Waals surface area (Å²) in [4.78, 5) is 38.9. The molecular formula is C18H25NO6. The molecule has 138 valence electrons. The van der Waals surface area contributed by atoms with E-state index in [1.54, 1.807) is 41.5 Å². The molecule has 0 spiro atoms. The summed E-state index contributed by atoms with van der Waals surface area (Å²) in [5.41, 5.74) is 0.324. The molecule has 0 atom stereocenters. The van der Waals surface area contributed by atoms with Crippen LogP contribution in [-0.4, -0.2) is 41.7 Å². The number of nitrogens with one attached hydrogen (secondary N) is 1. The van der Waals surface area contributed by atoms with Crippen molar-refractivity contribution >= 4 is 24.0 Å². The maximum absolute atomic E-state index is 12.3. The van der Waals surface area contributed by atoms with E-state index in [2.05, 4.69) is 4.98 Å². The molecule has 1 aromatic rings. The Labute approximate surface area is 147 Å². The van der Waals surface area contributed by atoms with E-state index in [4.69, 9.17) is 14.2 Å². The third-order valence-corrected chi connectivity index (χ3v) is 3.03. The van der Waals surface area contributed by atoms with E-state index >= 15 is 0 Å². The lowest BCUT2D eigenvalue weighted by atomic mass is 10.1. The zero-order valence-corrected chi connectivity index (χ0v) is 15.5. The summed E-state index contributed by atoms with van der Waals surface area (Å²) in [6.07, 6.45) is 2.56. The van der Waals surface area contributed by atoms with Crippen LogP contribution in [0.3, 0.4) is 0 Å². The van der Waals surface area contributed by atoms with E-state index in [1.807, 2.05) is 0 Å². The van der Waals surface area contributed by atoms with E-state index in [1.165, 1.54) is 12.2 Å². The first kappa shape index (κ1) is 20.5. The molecule has 0 saturated heterocycles. The first-order chi connectivity index (χ1) is 11.6. The highest BCUT2D eigenvalue weighted by molar-refractivity contribution is 6.01. The molecule has 0 amide bonds. The van der Waals surface area contributed by atoms with Gasteiger partial charge in [-0.25, -0.2) is 14.4 Å². The number of carbonyl (C=O) groups excluding carboxylic acids is 3. The fraction of sp³-hybridized carbons (Fsp3) is 0.500. The minimum Gasteiger partial charge on any atom is -0.463 e. The van der Waals surface area contributed by atoms with E-state index < -0.39 is 23.5 Å². The van der Waals surface area contributed by atoms with Crippen LogP contribution in [0.2, 0.25) is 0 Å². The van der Waals surface area contributed by atoms with Gasteiger partial charge >= 0.3 is 17.9 Å². The first-order valence-corrected chi connectivity index (χ1v) is 8.08. The lowest BCUT2D eigenvalue weighted by Crippen LogP contribution is -2.24. The molecule has 0 fully saturated rings. The van der Waals surface area contributed by atoms with Gasteiger partial charge in [0.2, 0.25) is 0 Å². The quantitative estimate of drug-likeness (QED) is 0.481. The van der Waals surface area contributed by atoms with Gasteiger partial charge in [-0.1, -0.05) is 0 Å². The predicted octanol–water partition coefficient (Wildman–Crippen LogP) is 3.03. The van der Waals surface area contributed by atoms with Crippen LogP contribution in [0.15, 0.2) is 6.08 Å². The Morgan fingerprint density at radius 3 is 2.16 bits per heavy atom. The van der Waals surface area contributed by atoms with Gasteiger partial charge in [0.1, 0.15) is 11.3 Å². The van der Waals surface area contributed by atoms with E-state index in [0.717, 1.165) is 0 Å². The summed E-state index contributed by atoms with van der Waals surface area (Å²) in [5, 5.41) is 0. The Hall–Kier alpha value is -2.57. The van der Waals surface area contributed by atoms with Gasteiger partial charge in [0.15, 0.2) is 0 Å². The first-order valence-electron chi connectivity index (χ1n) is 8.08. The Morgan fingerprint density at radius 1 is 1.04 bits per heavy atom. The standard InChI is InChI=1S/C18H25NO6/c1-7-23-13(20)10-9-12-14(16(21)24-8-2)11(3)15(19-12)17(22)25-18(4,5)6/h9-10,19H,7-8H2,1-6H3/b10-9+. The van der Waals surface area contributed by atoms with Crippen molar-refractivity contribution < 1.29 is 28.6 Å². The summed E-state index contributed by atoms with van der Waals surface area (Å²) < 4.78 is 15.2. The van der Waals surface area contributed by atoms with Gasteiger partial charge in [0.05, 0.1) is 24.5 Å². The molecule has 1 N–H and O–H groups in total. The summed E-state index contributed by atoms with van der Waals surface area (Å²) in [6.45, 7) is 10.7. The van der Waals surface area contributed by atoms with Crippen molar-refractivity contribution in [1.82, 2.24) is 4.98 Å². The second kappa shape index (κ2) is 8.50. The Balaban J connectivity index is 3.29. The minimum absolute atomic E-state index is 0.140. The number of hydrogen-bond acceptors (Lipinski definition) is 6. The normalized spacial score (nSPS) is 11.4. The lowest BCUT2D eigenvalue weighted by Gasteiger charge is -2.19. The Kier molecular flexibility index (Phi) is 6.97. The molecule has 1 rings (SSSR count). The number of hydrogen-bond donors (Lipinski definition) is 1. The number of ether oxygens (including phenoxy) is 3. The minimum atomic E-state index is -0.681. The van der Waals surface area contributed by atoms with E-state index in [0.29, 0.717) is 5.56 Å². The number of aromatic nitrogens is 1. The summed E-state index contributed by atoms with van der Waals surface area (Å²) in [6, 6.07) is 0. The Bertz CT molecular complexity index is 678. The fourth-order valence-corrected chi connectivity index (χ4v) is 2.08. The monoisotopic (exact) mass is 351 g/mol. The molecule has 0 bridgehead atoms. The van der Waals surface area contributed by atoms with Crippen molar-refractivity contribution in [3.05, 3.63) is 28.6 Å². The number of carbonyl (C=O) groups is 3. The van der Waals surface area contributed by atoms with Crippen LogP contribution >= 0.6 is 0 Å². The van der Waals surface area contributed by atoms with Crippen LogP contribution in [-0.2, 0) is 19.0 Å². The van der Waals surface area contributed by atoms with Crippen LogP contribution < -0.4 is 0 Å². The maximum Gasteiger partial charge on any atom is 0.355 e. The smallest absolute Gasteiger partial charge is 0.355 e. The van der Waals surface area contributed by atoms with Gasteiger partial charge in [0.25, 0.3) is 0 Å². The molecule has 7 nitrogen and oxygen atoms in total. The van der Waals surface area contributed by atoms with Gasteiger partial charge in [-0.05, 0) is 53.2 Å². The van der Waals surface area contributed by atoms with Crippen molar-refractivity contribution in [2.24, 2.45) is 0 Å². The van der Waals surface area contributed by atoms with Crippen LogP contribution in [0.25, 0.3) is 6.08 Å². The highest BCUT2D eigenvalue weighted by Gasteiger charge is 2.27. The van der Waals surface area contributed by atoms with Gasteiger partial charge in [0, 0.05) is 6.08 Å². The molecule has 0 aliphatic carbocycles. The zero-order valence-electron chi connectivity index (χ0n) is 15.5. The Morgan fingerprint density at radius 2 is 1.64 bits per heavy atom. The molecule has 1 heterocycles. The average Bonchev–Trinajstić information content (AvgIpc) is 2.81. The fourth-order valence-electron chi connectivity index (χ4n) is 2.08. The third kappa shape index (κ3) is 5.77. The molecule has 0 unspecified atom stereocenters. The molecule has 1 aromatic heterocycles. The third-order valence-electron chi connectivity index (χ3n) is 3.03. The average molecular weight is 351 g/mol. The highest BCUT2D eigenvalue weighted by Crippen LogP contribution is 2.23. The molecule has 0 aliphatic heterocycles. The maximum atomic E-state index is 12.3. The second-order valence-electron chi connectivity index (χ2n) is 6.22. The van der Waals surface area contributed by atoms with Crippen LogP contribution in [0.4, 0.5) is 0 Å². The van der Waals surface area contributed by atoms with Crippen molar-refractivity contribution in [2.45, 2.75) is 47.1 Å². The summed E-state index contributed by atoms with van der Waals surface area (Å²) in [5.74, 6) is -1.73. The number of rotatable bonds is 6. The van der Waals surface area contributed by atoms with E-state index in [9.17, 15) is 14.4 Å². The largest absolute Gasteiger partial charge is 0.463 e. The number of esters is 3. The molecular weight excluding hydrogens is 326 g/mol. The molecule has 25 heavy (non-hydrogen) atoms.